The maximum absolute atomic E-state index is 12.5. The van der Waals surface area contributed by atoms with Gasteiger partial charge in [0.15, 0.2) is 0 Å². The predicted molar refractivity (Wildman–Crippen MR) is 324 cm³/mol. The van der Waals surface area contributed by atoms with Crippen molar-refractivity contribution in [3.8, 4) is 0 Å². The van der Waals surface area contributed by atoms with Gasteiger partial charge in [0, 0.05) is 12.8 Å². The lowest BCUT2D eigenvalue weighted by atomic mass is 10.0. The van der Waals surface area contributed by atoms with Gasteiger partial charge >= 0.3 is 5.97 Å². The zero-order valence-corrected chi connectivity index (χ0v) is 49.8. The molecule has 436 valence electrons. The first-order chi connectivity index (χ1) is 36.5. The zero-order chi connectivity index (χ0) is 53.6. The molecule has 1 amide bonds. The largest absolute Gasteiger partial charge is 0.466 e. The van der Waals surface area contributed by atoms with Crippen LogP contribution in [0.15, 0.2) is 36.5 Å². The number of unbranched alkanes of at least 4 members (excludes halogenated alkanes) is 45. The maximum atomic E-state index is 12.5. The van der Waals surface area contributed by atoms with Gasteiger partial charge in [-0.05, 0) is 83.5 Å². The van der Waals surface area contributed by atoms with Crippen molar-refractivity contribution in [3.05, 3.63) is 36.5 Å². The molecule has 0 aliphatic rings. The van der Waals surface area contributed by atoms with Crippen molar-refractivity contribution in [1.82, 2.24) is 5.32 Å². The molecule has 0 radical (unpaired) electrons. The predicted octanol–water partition coefficient (Wildman–Crippen LogP) is 21.1. The van der Waals surface area contributed by atoms with Gasteiger partial charge in [0.25, 0.3) is 0 Å². The van der Waals surface area contributed by atoms with Crippen molar-refractivity contribution in [2.24, 2.45) is 0 Å². The van der Waals surface area contributed by atoms with E-state index in [0.717, 1.165) is 51.4 Å². The van der Waals surface area contributed by atoms with Crippen molar-refractivity contribution in [3.63, 3.8) is 0 Å². The summed E-state index contributed by atoms with van der Waals surface area (Å²) < 4.78 is 5.48. The molecule has 0 fully saturated rings. The van der Waals surface area contributed by atoms with E-state index in [1.165, 1.54) is 276 Å². The first-order valence-corrected chi connectivity index (χ1v) is 33.2. The molecule has 0 bridgehead atoms. The summed E-state index contributed by atoms with van der Waals surface area (Å²) in [6.45, 7) is 4.94. The lowest BCUT2D eigenvalue weighted by molar-refractivity contribution is -0.143. The van der Waals surface area contributed by atoms with E-state index >= 15 is 0 Å². The summed E-state index contributed by atoms with van der Waals surface area (Å²) in [4.78, 5) is 24.6. The number of carbonyl (C=O) groups excluding carboxylic acids is 2. The molecule has 0 spiro atoms. The first-order valence-electron chi connectivity index (χ1n) is 33.2. The van der Waals surface area contributed by atoms with Crippen LogP contribution >= 0.6 is 0 Å². The smallest absolute Gasteiger partial charge is 0.305 e. The Morgan fingerprint density at radius 2 is 0.676 bits per heavy atom. The number of carbonyl (C=O) groups is 2. The second kappa shape index (κ2) is 63.6. The minimum absolute atomic E-state index is 0.00128. The molecule has 6 nitrogen and oxygen atoms in total. The van der Waals surface area contributed by atoms with Crippen LogP contribution in [0, 0.1) is 0 Å². The van der Waals surface area contributed by atoms with Gasteiger partial charge in [0.05, 0.1) is 25.4 Å². The molecular formula is C68H129NO5. The number of aliphatic hydroxyl groups excluding tert-OH is 2. The average molecular weight is 1040 g/mol. The molecule has 0 saturated carbocycles. The quantitative estimate of drug-likeness (QED) is 0.0320. The molecule has 6 heteroatoms. The summed E-state index contributed by atoms with van der Waals surface area (Å²) in [5, 5.41) is 23.3. The second-order valence-electron chi connectivity index (χ2n) is 22.8. The van der Waals surface area contributed by atoms with Crippen molar-refractivity contribution in [2.75, 3.05) is 13.2 Å². The zero-order valence-electron chi connectivity index (χ0n) is 49.8. The second-order valence-corrected chi connectivity index (χ2v) is 22.8. The Hall–Kier alpha value is -1.92. The molecular weight excluding hydrogens is 911 g/mol. The molecule has 0 heterocycles. The van der Waals surface area contributed by atoms with Crippen molar-refractivity contribution in [1.29, 1.82) is 0 Å². The van der Waals surface area contributed by atoms with Crippen molar-refractivity contribution >= 4 is 11.9 Å². The minimum atomic E-state index is -0.665. The van der Waals surface area contributed by atoms with Gasteiger partial charge in [0.1, 0.15) is 0 Å². The number of hydrogen-bond donors (Lipinski definition) is 3. The minimum Gasteiger partial charge on any atom is -0.466 e. The van der Waals surface area contributed by atoms with Gasteiger partial charge in [0.2, 0.25) is 5.91 Å². The number of aliphatic hydroxyl groups is 2. The number of rotatable bonds is 62. The lowest BCUT2D eigenvalue weighted by Crippen LogP contribution is -2.45. The van der Waals surface area contributed by atoms with Crippen LogP contribution in [0.5, 0.6) is 0 Å². The third-order valence-corrected chi connectivity index (χ3v) is 15.4. The standard InChI is InChI=1S/C68H129NO5/c1-3-5-7-9-11-13-15-17-32-36-40-44-48-52-56-60-66(71)65(64-70)69-67(72)61-57-53-49-45-41-37-34-30-28-26-24-22-20-19-21-23-25-27-29-31-35-39-43-47-51-55-59-63-74-68(73)62-58-54-50-46-42-38-33-18-16-14-12-10-8-6-4-2/h12,14,18-20,33,65-66,70-71H,3-11,13,15-17,21-32,34-64H2,1-2H3,(H,69,72)/b14-12-,20-19-,33-18-. The molecule has 3 N–H and O–H groups in total. The number of nitrogens with one attached hydrogen (secondary N) is 1. The van der Waals surface area contributed by atoms with Gasteiger partial charge in [-0.15, -0.1) is 0 Å². The van der Waals surface area contributed by atoms with E-state index in [4.69, 9.17) is 4.74 Å². The highest BCUT2D eigenvalue weighted by Crippen LogP contribution is 2.18. The molecule has 0 aromatic rings. The summed E-state index contributed by atoms with van der Waals surface area (Å²) in [7, 11) is 0. The fourth-order valence-corrected chi connectivity index (χ4v) is 10.3. The number of allylic oxidation sites excluding steroid dienone is 6. The monoisotopic (exact) mass is 1040 g/mol. The summed E-state index contributed by atoms with van der Waals surface area (Å²) in [6, 6.07) is -0.542. The highest BCUT2D eigenvalue weighted by molar-refractivity contribution is 5.76. The van der Waals surface area contributed by atoms with Crippen LogP contribution in [0.25, 0.3) is 0 Å². The van der Waals surface area contributed by atoms with Gasteiger partial charge in [-0.2, -0.15) is 0 Å². The Bertz CT molecular complexity index is 1200. The van der Waals surface area contributed by atoms with Gasteiger partial charge in [-0.25, -0.2) is 0 Å². The topological polar surface area (TPSA) is 95.9 Å². The van der Waals surface area contributed by atoms with E-state index < -0.39 is 12.1 Å². The first kappa shape index (κ1) is 72.1. The van der Waals surface area contributed by atoms with Crippen molar-refractivity contribution < 1.29 is 24.5 Å². The molecule has 0 rings (SSSR count). The van der Waals surface area contributed by atoms with Crippen LogP contribution in [0.1, 0.15) is 361 Å². The maximum Gasteiger partial charge on any atom is 0.305 e. The number of amides is 1. The van der Waals surface area contributed by atoms with Crippen LogP contribution in [0.4, 0.5) is 0 Å². The fourth-order valence-electron chi connectivity index (χ4n) is 10.3. The highest BCUT2D eigenvalue weighted by Gasteiger charge is 2.20. The third-order valence-electron chi connectivity index (χ3n) is 15.4. The molecule has 2 unspecified atom stereocenters. The Balaban J connectivity index is 3.38. The summed E-state index contributed by atoms with van der Waals surface area (Å²) in [5.41, 5.74) is 0. The van der Waals surface area contributed by atoms with E-state index in [9.17, 15) is 19.8 Å². The average Bonchev–Trinajstić information content (AvgIpc) is 3.40. The van der Waals surface area contributed by atoms with E-state index in [-0.39, 0.29) is 18.5 Å². The summed E-state index contributed by atoms with van der Waals surface area (Å²) in [6.07, 6.45) is 80.3. The fraction of sp³-hybridized carbons (Fsp3) is 0.882. The van der Waals surface area contributed by atoms with E-state index in [2.05, 4.69) is 55.6 Å². The third kappa shape index (κ3) is 59.3. The molecule has 0 saturated heterocycles. The van der Waals surface area contributed by atoms with E-state index in [1.54, 1.807) is 0 Å². The van der Waals surface area contributed by atoms with Gasteiger partial charge in [-0.3, -0.25) is 9.59 Å². The Labute approximate surface area is 462 Å². The van der Waals surface area contributed by atoms with Gasteiger partial charge < -0.3 is 20.3 Å². The van der Waals surface area contributed by atoms with E-state index in [0.29, 0.717) is 25.9 Å². The van der Waals surface area contributed by atoms with Crippen molar-refractivity contribution in [2.45, 2.75) is 373 Å². The number of ether oxygens (including phenoxy) is 1. The molecule has 0 aliphatic heterocycles. The lowest BCUT2D eigenvalue weighted by Gasteiger charge is -2.22. The summed E-state index contributed by atoms with van der Waals surface area (Å²) >= 11 is 0. The van der Waals surface area contributed by atoms with E-state index in [1.807, 2.05) is 0 Å². The molecule has 0 aromatic heterocycles. The SMILES string of the molecule is CCCCC/C=C\C/C=C\CCCCCCCC(=O)OCCCCCCCCCCCCCC/C=C\CCCCCCCCCCCCCC(=O)NC(CO)C(O)CCCCCCCCCCCCCCCCC. The van der Waals surface area contributed by atoms with Crippen LogP contribution in [-0.2, 0) is 14.3 Å². The Morgan fingerprint density at radius 3 is 1.07 bits per heavy atom. The normalized spacial score (nSPS) is 12.8. The highest BCUT2D eigenvalue weighted by atomic mass is 16.5. The van der Waals surface area contributed by atoms with Gasteiger partial charge in [-0.1, -0.05) is 301 Å². The molecule has 0 aromatic carbocycles. The number of esters is 1. The van der Waals surface area contributed by atoms with Crippen LogP contribution < -0.4 is 5.32 Å². The molecule has 74 heavy (non-hydrogen) atoms. The van der Waals surface area contributed by atoms with Crippen LogP contribution in [-0.4, -0.2) is 47.4 Å². The Kier molecular flexibility index (Phi) is 62.0. The Morgan fingerprint density at radius 1 is 0.378 bits per heavy atom. The summed E-state index contributed by atoms with van der Waals surface area (Å²) in [5.74, 6) is -0.0326. The molecule has 2 atom stereocenters. The number of hydrogen-bond acceptors (Lipinski definition) is 5. The van der Waals surface area contributed by atoms with Crippen LogP contribution in [0.3, 0.4) is 0 Å². The molecule has 0 aliphatic carbocycles. The van der Waals surface area contributed by atoms with Crippen LogP contribution in [0.2, 0.25) is 0 Å².